The van der Waals surface area contributed by atoms with E-state index in [2.05, 4.69) is 170 Å². The van der Waals surface area contributed by atoms with Crippen molar-refractivity contribution >= 4 is 32.3 Å². The van der Waals surface area contributed by atoms with Crippen LogP contribution in [0.2, 0.25) is 0 Å². The summed E-state index contributed by atoms with van der Waals surface area (Å²) in [5, 5.41) is 7.61. The molecule has 0 unspecified atom stereocenters. The third kappa shape index (κ3) is 4.17. The molecule has 0 bridgehead atoms. The molecule has 0 aliphatic carbocycles. The third-order valence-corrected chi connectivity index (χ3v) is 8.45. The van der Waals surface area contributed by atoms with Crippen molar-refractivity contribution in [2.75, 3.05) is 0 Å². The molecule has 0 N–H and O–H groups in total. The second kappa shape index (κ2) is 10.2. The fourth-order valence-corrected chi connectivity index (χ4v) is 6.42. The fraction of sp³-hybridized carbons (Fsp3) is 0. The second-order valence-corrected chi connectivity index (χ2v) is 10.9. The van der Waals surface area contributed by atoms with Gasteiger partial charge in [-0.15, -0.1) is 0 Å². The Morgan fingerprint density at radius 2 is 0.548 bits per heavy atom. The lowest BCUT2D eigenvalue weighted by atomic mass is 9.85. The number of hydrogen-bond acceptors (Lipinski definition) is 0. The van der Waals surface area contributed by atoms with E-state index in [9.17, 15) is 0 Å². The van der Waals surface area contributed by atoms with Crippen LogP contribution in [0, 0.1) is 0 Å². The number of hydrogen-bond donors (Lipinski definition) is 0. The van der Waals surface area contributed by atoms with Crippen LogP contribution in [-0.4, -0.2) is 0 Å². The molecule has 196 valence electrons. The minimum absolute atomic E-state index is 1.23. The zero-order chi connectivity index (χ0) is 27.9. The van der Waals surface area contributed by atoms with Crippen LogP contribution in [0.15, 0.2) is 170 Å². The predicted molar refractivity (Wildman–Crippen MR) is 181 cm³/mol. The van der Waals surface area contributed by atoms with Gasteiger partial charge in [-0.1, -0.05) is 158 Å². The van der Waals surface area contributed by atoms with E-state index in [1.54, 1.807) is 0 Å². The van der Waals surface area contributed by atoms with E-state index < -0.39 is 0 Å². The first kappa shape index (κ1) is 24.3. The lowest BCUT2D eigenvalue weighted by molar-refractivity contribution is 1.61. The Labute approximate surface area is 246 Å². The summed E-state index contributed by atoms with van der Waals surface area (Å²) in [6, 6.07) is 61.7. The first-order valence-corrected chi connectivity index (χ1v) is 14.5. The normalized spacial score (nSPS) is 11.3. The molecule has 42 heavy (non-hydrogen) atoms. The summed E-state index contributed by atoms with van der Waals surface area (Å²) in [7, 11) is 0. The monoisotopic (exact) mass is 532 g/mol. The lowest BCUT2D eigenvalue weighted by Gasteiger charge is -2.18. The minimum Gasteiger partial charge on any atom is -0.0622 e. The van der Waals surface area contributed by atoms with E-state index in [1.165, 1.54) is 76.8 Å². The topological polar surface area (TPSA) is 0 Å². The van der Waals surface area contributed by atoms with Gasteiger partial charge in [-0.25, -0.2) is 0 Å². The molecular weight excluding hydrogens is 504 g/mol. The molecule has 0 radical (unpaired) electrons. The fourth-order valence-electron chi connectivity index (χ4n) is 6.42. The average Bonchev–Trinajstić information content (AvgIpc) is 3.07. The molecule has 0 saturated carbocycles. The van der Waals surface area contributed by atoms with Gasteiger partial charge in [0.2, 0.25) is 0 Å². The van der Waals surface area contributed by atoms with Crippen LogP contribution in [0.25, 0.3) is 76.8 Å². The molecule has 0 fully saturated rings. The van der Waals surface area contributed by atoms with Gasteiger partial charge in [-0.05, 0) is 89.0 Å². The molecule has 8 rings (SSSR count). The van der Waals surface area contributed by atoms with Crippen LogP contribution < -0.4 is 0 Å². The van der Waals surface area contributed by atoms with E-state index in [1.807, 2.05) is 0 Å². The number of fused-ring (bicyclic) bond motifs is 3. The molecule has 0 aliphatic heterocycles. The summed E-state index contributed by atoms with van der Waals surface area (Å²) >= 11 is 0. The van der Waals surface area contributed by atoms with Gasteiger partial charge < -0.3 is 0 Å². The Balaban J connectivity index is 1.31. The molecule has 0 atom stereocenters. The van der Waals surface area contributed by atoms with Gasteiger partial charge in [0.25, 0.3) is 0 Å². The van der Waals surface area contributed by atoms with Gasteiger partial charge in [-0.2, -0.15) is 0 Å². The molecule has 0 heteroatoms. The Hall–Kier alpha value is -5.46. The van der Waals surface area contributed by atoms with Crippen molar-refractivity contribution in [2.45, 2.75) is 0 Å². The maximum atomic E-state index is 2.35. The Kier molecular flexibility index (Phi) is 5.90. The van der Waals surface area contributed by atoms with Crippen LogP contribution in [0.1, 0.15) is 0 Å². The first-order valence-electron chi connectivity index (χ1n) is 14.5. The van der Waals surface area contributed by atoms with Crippen molar-refractivity contribution in [1.29, 1.82) is 0 Å². The van der Waals surface area contributed by atoms with Crippen molar-refractivity contribution in [3.63, 3.8) is 0 Å². The van der Waals surface area contributed by atoms with E-state index >= 15 is 0 Å². The predicted octanol–water partition coefficient (Wildman–Crippen LogP) is 11.8. The highest BCUT2D eigenvalue weighted by Gasteiger charge is 2.17. The van der Waals surface area contributed by atoms with Crippen molar-refractivity contribution in [1.82, 2.24) is 0 Å². The smallest absolute Gasteiger partial charge is 0.00262 e. The minimum atomic E-state index is 1.23. The van der Waals surface area contributed by atoms with Gasteiger partial charge in [0.1, 0.15) is 0 Å². The second-order valence-electron chi connectivity index (χ2n) is 10.9. The van der Waals surface area contributed by atoms with Gasteiger partial charge in [0.05, 0.1) is 0 Å². The van der Waals surface area contributed by atoms with Gasteiger partial charge in [0.15, 0.2) is 0 Å². The highest BCUT2D eigenvalue weighted by Crippen LogP contribution is 2.44. The van der Waals surface area contributed by atoms with Crippen LogP contribution in [0.3, 0.4) is 0 Å². The molecule has 0 aliphatic rings. The zero-order valence-corrected chi connectivity index (χ0v) is 23.2. The summed E-state index contributed by atoms with van der Waals surface area (Å²) in [6.45, 7) is 0. The Morgan fingerprint density at radius 1 is 0.214 bits per heavy atom. The van der Waals surface area contributed by atoms with Crippen molar-refractivity contribution < 1.29 is 0 Å². The number of benzene rings is 8. The van der Waals surface area contributed by atoms with E-state index in [0.717, 1.165) is 0 Å². The molecule has 8 aromatic carbocycles. The van der Waals surface area contributed by atoms with Crippen LogP contribution >= 0.6 is 0 Å². The summed E-state index contributed by atoms with van der Waals surface area (Å²) < 4.78 is 0. The summed E-state index contributed by atoms with van der Waals surface area (Å²) in [5.74, 6) is 0. The van der Waals surface area contributed by atoms with Crippen LogP contribution in [0.4, 0.5) is 0 Å². The highest BCUT2D eigenvalue weighted by molar-refractivity contribution is 6.21. The maximum Gasteiger partial charge on any atom is -0.00262 e. The average molecular weight is 533 g/mol. The standard InChI is InChI=1S/C42H28/c1-3-11-29(12-4-1)31-19-21-32(22-20-31)41-37-15-7-9-17-39(37)42(40-18-10-8-16-38(40)41)36-26-25-34-27-33(23-24-35(34)28-36)30-13-5-2-6-14-30/h1-28H. The van der Waals surface area contributed by atoms with Crippen molar-refractivity contribution in [3.8, 4) is 44.5 Å². The molecule has 0 saturated heterocycles. The third-order valence-electron chi connectivity index (χ3n) is 8.45. The Bertz CT molecular complexity index is 2150. The SMILES string of the molecule is c1ccc(-c2ccc(-c3c4ccccc4c(-c4ccc5cc(-c6ccccc6)ccc5c4)c4ccccc34)cc2)cc1. The molecule has 0 amide bonds. The summed E-state index contributed by atoms with van der Waals surface area (Å²) in [5.41, 5.74) is 10.0. The molecular formula is C42H28. The van der Waals surface area contributed by atoms with Gasteiger partial charge in [0, 0.05) is 0 Å². The largest absolute Gasteiger partial charge is 0.0622 e. The van der Waals surface area contributed by atoms with Gasteiger partial charge in [-0.3, -0.25) is 0 Å². The van der Waals surface area contributed by atoms with Crippen molar-refractivity contribution in [3.05, 3.63) is 170 Å². The molecule has 0 aromatic heterocycles. The maximum absolute atomic E-state index is 2.35. The van der Waals surface area contributed by atoms with Crippen LogP contribution in [0.5, 0.6) is 0 Å². The van der Waals surface area contributed by atoms with Gasteiger partial charge >= 0.3 is 0 Å². The molecule has 8 aromatic rings. The Morgan fingerprint density at radius 3 is 1.07 bits per heavy atom. The molecule has 0 spiro atoms. The van der Waals surface area contributed by atoms with E-state index in [0.29, 0.717) is 0 Å². The quantitative estimate of drug-likeness (QED) is 0.198. The summed E-state index contributed by atoms with van der Waals surface area (Å²) in [6.07, 6.45) is 0. The summed E-state index contributed by atoms with van der Waals surface area (Å²) in [4.78, 5) is 0. The number of rotatable bonds is 4. The van der Waals surface area contributed by atoms with Crippen molar-refractivity contribution in [2.24, 2.45) is 0 Å². The molecule has 0 heterocycles. The van der Waals surface area contributed by atoms with E-state index in [-0.39, 0.29) is 0 Å². The highest BCUT2D eigenvalue weighted by atomic mass is 14.2. The first-order chi connectivity index (χ1) is 20.8. The molecule has 0 nitrogen and oxygen atoms in total. The van der Waals surface area contributed by atoms with E-state index in [4.69, 9.17) is 0 Å². The lowest BCUT2D eigenvalue weighted by Crippen LogP contribution is -1.91. The van der Waals surface area contributed by atoms with Crippen LogP contribution in [-0.2, 0) is 0 Å². The zero-order valence-electron chi connectivity index (χ0n) is 23.2.